The van der Waals surface area contributed by atoms with E-state index in [4.69, 9.17) is 5.26 Å². The zero-order valence-electron chi connectivity index (χ0n) is 14.6. The molecule has 1 heterocycles. The number of piperidine rings is 1. The van der Waals surface area contributed by atoms with Crippen molar-refractivity contribution in [2.75, 3.05) is 32.1 Å². The number of hydrogen-bond acceptors (Lipinski definition) is 4. The summed E-state index contributed by atoms with van der Waals surface area (Å²) in [6, 6.07) is 6.86. The lowest BCUT2D eigenvalue weighted by Gasteiger charge is -2.36. The predicted molar refractivity (Wildman–Crippen MR) is 92.3 cm³/mol. The topological polar surface area (TPSA) is 59.4 Å². The Morgan fingerprint density at radius 3 is 2.92 bits per heavy atom. The molecule has 1 aliphatic heterocycles. The van der Waals surface area contributed by atoms with E-state index in [0.29, 0.717) is 24.2 Å². The molecule has 1 amide bonds. The highest BCUT2D eigenvalue weighted by Gasteiger charge is 2.24. The summed E-state index contributed by atoms with van der Waals surface area (Å²) in [6.07, 6.45) is 2.43. The zero-order valence-corrected chi connectivity index (χ0v) is 14.6. The summed E-state index contributed by atoms with van der Waals surface area (Å²) in [7, 11) is 3.51. The maximum absolute atomic E-state index is 14.2. The van der Waals surface area contributed by atoms with Gasteiger partial charge in [-0.3, -0.25) is 4.79 Å². The standard InChI is InChI=1S/C18H25FN4O/c1-13(9-18(24)22(2)3)21-15-5-4-8-23(12-15)17-7-6-14(11-20)10-16(17)19/h6-7,10,13,15,21H,4-5,8-9,12H2,1-3H3. The quantitative estimate of drug-likeness (QED) is 0.897. The molecule has 1 aliphatic rings. The van der Waals surface area contributed by atoms with Crippen LogP contribution in [0.4, 0.5) is 10.1 Å². The fourth-order valence-corrected chi connectivity index (χ4v) is 3.07. The molecule has 0 aromatic heterocycles. The second-order valence-electron chi connectivity index (χ2n) is 6.62. The number of amides is 1. The number of rotatable bonds is 5. The van der Waals surface area contributed by atoms with Gasteiger partial charge in [-0.1, -0.05) is 0 Å². The fraction of sp³-hybridized carbons (Fsp3) is 0.556. The molecule has 2 atom stereocenters. The van der Waals surface area contributed by atoms with Gasteiger partial charge in [0.2, 0.25) is 5.91 Å². The van der Waals surface area contributed by atoms with Crippen molar-refractivity contribution < 1.29 is 9.18 Å². The highest BCUT2D eigenvalue weighted by atomic mass is 19.1. The summed E-state index contributed by atoms with van der Waals surface area (Å²) >= 11 is 0. The summed E-state index contributed by atoms with van der Waals surface area (Å²) in [5.74, 6) is -0.258. The molecule has 24 heavy (non-hydrogen) atoms. The Labute approximate surface area is 143 Å². The lowest BCUT2D eigenvalue weighted by atomic mass is 10.0. The van der Waals surface area contributed by atoms with E-state index < -0.39 is 0 Å². The molecule has 0 saturated carbocycles. The summed E-state index contributed by atoms with van der Waals surface area (Å²) in [5, 5.41) is 12.3. The van der Waals surface area contributed by atoms with Crippen LogP contribution in [-0.2, 0) is 4.79 Å². The third kappa shape index (κ3) is 4.68. The molecule has 2 rings (SSSR count). The van der Waals surface area contributed by atoms with Crippen molar-refractivity contribution in [2.24, 2.45) is 0 Å². The number of carbonyl (C=O) groups is 1. The molecular formula is C18H25FN4O. The molecule has 1 aromatic rings. The second kappa shape index (κ2) is 8.11. The molecule has 1 fully saturated rings. The number of nitriles is 1. The van der Waals surface area contributed by atoms with E-state index in [9.17, 15) is 9.18 Å². The van der Waals surface area contributed by atoms with E-state index in [-0.39, 0.29) is 23.8 Å². The highest BCUT2D eigenvalue weighted by molar-refractivity contribution is 5.76. The van der Waals surface area contributed by atoms with Crippen LogP contribution in [0.1, 0.15) is 31.7 Å². The molecule has 1 saturated heterocycles. The van der Waals surface area contributed by atoms with Crippen LogP contribution < -0.4 is 10.2 Å². The van der Waals surface area contributed by atoms with E-state index >= 15 is 0 Å². The molecule has 0 spiro atoms. The van der Waals surface area contributed by atoms with Crippen LogP contribution in [0.2, 0.25) is 0 Å². The van der Waals surface area contributed by atoms with Crippen LogP contribution in [0.15, 0.2) is 18.2 Å². The minimum Gasteiger partial charge on any atom is -0.368 e. The predicted octanol–water partition coefficient (Wildman–Crippen LogP) is 2.12. The van der Waals surface area contributed by atoms with Crippen LogP contribution in [-0.4, -0.2) is 50.1 Å². The van der Waals surface area contributed by atoms with Gasteiger partial charge >= 0.3 is 0 Å². The van der Waals surface area contributed by atoms with Gasteiger partial charge in [0.25, 0.3) is 0 Å². The normalized spacial score (nSPS) is 18.8. The number of benzene rings is 1. The molecule has 1 N–H and O–H groups in total. The Hall–Kier alpha value is -2.13. The van der Waals surface area contributed by atoms with Crippen LogP contribution in [0.3, 0.4) is 0 Å². The zero-order chi connectivity index (χ0) is 17.7. The molecule has 0 bridgehead atoms. The van der Waals surface area contributed by atoms with Gasteiger partial charge in [0, 0.05) is 45.7 Å². The van der Waals surface area contributed by atoms with Gasteiger partial charge < -0.3 is 15.1 Å². The Bertz CT molecular complexity index is 626. The van der Waals surface area contributed by atoms with Crippen molar-refractivity contribution in [2.45, 2.75) is 38.3 Å². The monoisotopic (exact) mass is 332 g/mol. The van der Waals surface area contributed by atoms with E-state index in [1.54, 1.807) is 31.1 Å². The minimum absolute atomic E-state index is 0.0793. The maximum Gasteiger partial charge on any atom is 0.223 e. The summed E-state index contributed by atoms with van der Waals surface area (Å²) in [4.78, 5) is 15.4. The number of nitrogens with zero attached hydrogens (tertiary/aromatic N) is 3. The van der Waals surface area contributed by atoms with Gasteiger partial charge in [0.15, 0.2) is 0 Å². The Morgan fingerprint density at radius 2 is 2.29 bits per heavy atom. The number of hydrogen-bond donors (Lipinski definition) is 1. The molecule has 130 valence electrons. The van der Waals surface area contributed by atoms with Gasteiger partial charge in [-0.15, -0.1) is 0 Å². The average Bonchev–Trinajstić information content (AvgIpc) is 2.54. The maximum atomic E-state index is 14.2. The lowest BCUT2D eigenvalue weighted by molar-refractivity contribution is -0.129. The molecule has 6 heteroatoms. The largest absolute Gasteiger partial charge is 0.368 e. The van der Waals surface area contributed by atoms with Gasteiger partial charge in [0.1, 0.15) is 5.82 Å². The average molecular weight is 332 g/mol. The number of carbonyl (C=O) groups excluding carboxylic acids is 1. The molecule has 0 radical (unpaired) electrons. The highest BCUT2D eigenvalue weighted by Crippen LogP contribution is 2.24. The van der Waals surface area contributed by atoms with Crippen LogP contribution in [0.25, 0.3) is 0 Å². The second-order valence-corrected chi connectivity index (χ2v) is 6.62. The summed E-state index contributed by atoms with van der Waals surface area (Å²) < 4.78 is 14.2. The van der Waals surface area contributed by atoms with Crippen molar-refractivity contribution in [3.05, 3.63) is 29.6 Å². The third-order valence-corrected chi connectivity index (χ3v) is 4.34. The third-order valence-electron chi connectivity index (χ3n) is 4.34. The molecule has 2 unspecified atom stereocenters. The van der Waals surface area contributed by atoms with Crippen molar-refractivity contribution >= 4 is 11.6 Å². The minimum atomic E-state index is -0.356. The lowest BCUT2D eigenvalue weighted by Crippen LogP contribution is -2.49. The Morgan fingerprint density at radius 1 is 1.54 bits per heavy atom. The smallest absolute Gasteiger partial charge is 0.223 e. The van der Waals surface area contributed by atoms with Crippen molar-refractivity contribution in [3.8, 4) is 6.07 Å². The molecule has 0 aliphatic carbocycles. The first-order chi connectivity index (χ1) is 11.4. The number of anilines is 1. The van der Waals surface area contributed by atoms with Crippen molar-refractivity contribution in [3.63, 3.8) is 0 Å². The number of halogens is 1. The van der Waals surface area contributed by atoms with E-state index in [0.717, 1.165) is 19.4 Å². The van der Waals surface area contributed by atoms with Gasteiger partial charge in [-0.25, -0.2) is 4.39 Å². The SMILES string of the molecule is CC(CC(=O)N(C)C)NC1CCCN(c2ccc(C#N)cc2F)C1. The Balaban J connectivity index is 1.97. The number of nitrogens with one attached hydrogen (secondary N) is 1. The summed E-state index contributed by atoms with van der Waals surface area (Å²) in [5.41, 5.74) is 0.872. The van der Waals surface area contributed by atoms with Gasteiger partial charge in [-0.2, -0.15) is 5.26 Å². The fourth-order valence-electron chi connectivity index (χ4n) is 3.07. The van der Waals surface area contributed by atoms with Crippen LogP contribution in [0, 0.1) is 17.1 Å². The summed E-state index contributed by atoms with van der Waals surface area (Å²) in [6.45, 7) is 3.50. The molecule has 5 nitrogen and oxygen atoms in total. The van der Waals surface area contributed by atoms with Gasteiger partial charge in [-0.05, 0) is 38.0 Å². The first kappa shape index (κ1) is 18.2. The van der Waals surface area contributed by atoms with E-state index in [1.165, 1.54) is 6.07 Å². The first-order valence-corrected chi connectivity index (χ1v) is 8.31. The molecular weight excluding hydrogens is 307 g/mol. The van der Waals surface area contributed by atoms with Crippen molar-refractivity contribution in [1.82, 2.24) is 10.2 Å². The Kier molecular flexibility index (Phi) is 6.16. The van der Waals surface area contributed by atoms with E-state index in [2.05, 4.69) is 5.32 Å². The molecule has 1 aromatic carbocycles. The van der Waals surface area contributed by atoms with Crippen LogP contribution >= 0.6 is 0 Å². The van der Waals surface area contributed by atoms with Crippen molar-refractivity contribution in [1.29, 1.82) is 5.26 Å². The first-order valence-electron chi connectivity index (χ1n) is 8.31. The van der Waals surface area contributed by atoms with Crippen LogP contribution in [0.5, 0.6) is 0 Å². The van der Waals surface area contributed by atoms with E-state index in [1.807, 2.05) is 17.9 Å². The van der Waals surface area contributed by atoms with Gasteiger partial charge in [0.05, 0.1) is 17.3 Å².